The first-order valence-corrected chi connectivity index (χ1v) is 6.44. The van der Waals surface area contributed by atoms with Crippen molar-refractivity contribution in [3.05, 3.63) is 34.4 Å². The lowest BCUT2D eigenvalue weighted by molar-refractivity contribution is 0.111. The summed E-state index contributed by atoms with van der Waals surface area (Å²) in [6.07, 6.45) is 0.873. The minimum atomic E-state index is -0.909. The molecule has 0 amide bonds. The molecule has 0 aliphatic carbocycles. The van der Waals surface area contributed by atoms with Crippen LogP contribution in [0.3, 0.4) is 0 Å². The molecule has 0 radical (unpaired) electrons. The first-order chi connectivity index (χ1) is 8.61. The Labute approximate surface area is 111 Å². The predicted molar refractivity (Wildman–Crippen MR) is 68.9 cm³/mol. The van der Waals surface area contributed by atoms with Crippen molar-refractivity contribution in [2.24, 2.45) is 0 Å². The van der Waals surface area contributed by atoms with E-state index >= 15 is 0 Å². The largest absolute Gasteiger partial charge is 0.379 e. The standard InChI is InChI=1S/C13H18ClF2NO/c1-3-7-18-8-11(17-4-2)12-9(14)5-6-10(15)13(12)16/h5-6,11,17H,3-4,7-8H2,1-2H3. The van der Waals surface area contributed by atoms with E-state index < -0.39 is 17.7 Å². The molecule has 2 nitrogen and oxygen atoms in total. The van der Waals surface area contributed by atoms with Crippen LogP contribution >= 0.6 is 11.6 Å². The molecular weight excluding hydrogens is 260 g/mol. The lowest BCUT2D eigenvalue weighted by atomic mass is 10.1. The summed E-state index contributed by atoms with van der Waals surface area (Å²) in [6, 6.07) is 1.95. The average Bonchev–Trinajstić information content (AvgIpc) is 2.35. The van der Waals surface area contributed by atoms with Crippen molar-refractivity contribution in [1.29, 1.82) is 0 Å². The van der Waals surface area contributed by atoms with Gasteiger partial charge >= 0.3 is 0 Å². The van der Waals surface area contributed by atoms with Gasteiger partial charge in [-0.1, -0.05) is 25.4 Å². The van der Waals surface area contributed by atoms with Crippen molar-refractivity contribution in [3.8, 4) is 0 Å². The molecular formula is C13H18ClF2NO. The number of halogens is 3. The van der Waals surface area contributed by atoms with E-state index in [1.54, 1.807) is 0 Å². The summed E-state index contributed by atoms with van der Waals surface area (Å²) in [7, 11) is 0. The predicted octanol–water partition coefficient (Wildman–Crippen LogP) is 3.70. The monoisotopic (exact) mass is 277 g/mol. The van der Waals surface area contributed by atoms with Crippen LogP contribution in [0, 0.1) is 11.6 Å². The van der Waals surface area contributed by atoms with E-state index in [4.69, 9.17) is 16.3 Å². The minimum absolute atomic E-state index is 0.134. The van der Waals surface area contributed by atoms with Gasteiger partial charge in [0.15, 0.2) is 11.6 Å². The Morgan fingerprint density at radius 1 is 1.33 bits per heavy atom. The van der Waals surface area contributed by atoms with Gasteiger partial charge in [0.2, 0.25) is 0 Å². The van der Waals surface area contributed by atoms with Crippen LogP contribution in [0.25, 0.3) is 0 Å². The Kier molecular flexibility index (Phi) is 6.54. The number of nitrogens with one attached hydrogen (secondary N) is 1. The lowest BCUT2D eigenvalue weighted by Crippen LogP contribution is -2.27. The van der Waals surface area contributed by atoms with E-state index in [1.165, 1.54) is 6.07 Å². The summed E-state index contributed by atoms with van der Waals surface area (Å²) >= 11 is 5.94. The molecule has 1 N–H and O–H groups in total. The molecule has 0 spiro atoms. The Bertz CT molecular complexity index is 387. The molecule has 1 unspecified atom stereocenters. The van der Waals surface area contributed by atoms with Crippen LogP contribution in [-0.4, -0.2) is 19.8 Å². The van der Waals surface area contributed by atoms with Crippen molar-refractivity contribution in [2.45, 2.75) is 26.3 Å². The zero-order chi connectivity index (χ0) is 13.5. The summed E-state index contributed by atoms with van der Waals surface area (Å²) in [5.41, 5.74) is 0.134. The van der Waals surface area contributed by atoms with Gasteiger partial charge < -0.3 is 10.1 Å². The van der Waals surface area contributed by atoms with Crippen LogP contribution in [0.15, 0.2) is 12.1 Å². The van der Waals surface area contributed by atoms with E-state index in [1.807, 2.05) is 13.8 Å². The molecule has 0 bridgehead atoms. The molecule has 0 heterocycles. The molecule has 0 saturated heterocycles. The van der Waals surface area contributed by atoms with E-state index in [-0.39, 0.29) is 17.2 Å². The Balaban J connectivity index is 2.93. The van der Waals surface area contributed by atoms with Gasteiger partial charge in [-0.05, 0) is 25.1 Å². The molecule has 0 aliphatic rings. The highest BCUT2D eigenvalue weighted by molar-refractivity contribution is 6.31. The fourth-order valence-electron chi connectivity index (χ4n) is 1.70. The average molecular weight is 278 g/mol. The van der Waals surface area contributed by atoms with Crippen LogP contribution in [0.1, 0.15) is 31.9 Å². The normalized spacial score (nSPS) is 12.7. The van der Waals surface area contributed by atoms with Gasteiger partial charge in [0.05, 0.1) is 12.6 Å². The second-order valence-electron chi connectivity index (χ2n) is 3.94. The van der Waals surface area contributed by atoms with Crippen LogP contribution in [0.5, 0.6) is 0 Å². The summed E-state index contributed by atoms with van der Waals surface area (Å²) in [5.74, 6) is -1.80. The number of ether oxygens (including phenoxy) is 1. The molecule has 5 heteroatoms. The van der Waals surface area contributed by atoms with Gasteiger partial charge in [-0.2, -0.15) is 0 Å². The van der Waals surface area contributed by atoms with E-state index in [0.717, 1.165) is 12.5 Å². The number of likely N-dealkylation sites (N-methyl/N-ethyl adjacent to an activating group) is 1. The minimum Gasteiger partial charge on any atom is -0.379 e. The third kappa shape index (κ3) is 3.90. The number of hydrogen-bond donors (Lipinski definition) is 1. The van der Waals surface area contributed by atoms with Crippen LogP contribution in [-0.2, 0) is 4.74 Å². The summed E-state index contributed by atoms with van der Waals surface area (Å²) in [4.78, 5) is 0. The third-order valence-corrected chi connectivity index (χ3v) is 2.84. The highest BCUT2D eigenvalue weighted by atomic mass is 35.5. The van der Waals surface area contributed by atoms with Gasteiger partial charge in [-0.3, -0.25) is 0 Å². The van der Waals surface area contributed by atoms with E-state index in [9.17, 15) is 8.78 Å². The first-order valence-electron chi connectivity index (χ1n) is 6.06. The van der Waals surface area contributed by atoms with Crippen molar-refractivity contribution in [2.75, 3.05) is 19.8 Å². The fraction of sp³-hybridized carbons (Fsp3) is 0.538. The van der Waals surface area contributed by atoms with Gasteiger partial charge in [-0.25, -0.2) is 8.78 Å². The van der Waals surface area contributed by atoms with Crippen molar-refractivity contribution < 1.29 is 13.5 Å². The van der Waals surface area contributed by atoms with Gasteiger partial charge in [-0.15, -0.1) is 0 Å². The van der Waals surface area contributed by atoms with Crippen molar-refractivity contribution >= 4 is 11.6 Å². The molecule has 0 aliphatic heterocycles. The summed E-state index contributed by atoms with van der Waals surface area (Å²) < 4.78 is 32.4. The topological polar surface area (TPSA) is 21.3 Å². The molecule has 1 aromatic rings. The van der Waals surface area contributed by atoms with Gasteiger partial charge in [0, 0.05) is 17.2 Å². The molecule has 1 rings (SSSR count). The maximum atomic E-state index is 13.8. The maximum Gasteiger partial charge on any atom is 0.165 e. The number of rotatable bonds is 7. The van der Waals surface area contributed by atoms with E-state index in [0.29, 0.717) is 13.2 Å². The first kappa shape index (κ1) is 15.3. The molecule has 102 valence electrons. The van der Waals surface area contributed by atoms with Crippen molar-refractivity contribution in [3.63, 3.8) is 0 Å². The summed E-state index contributed by atoms with van der Waals surface area (Å²) in [6.45, 7) is 5.33. The number of benzene rings is 1. The second-order valence-corrected chi connectivity index (χ2v) is 4.35. The Hall–Kier alpha value is -0.710. The second kappa shape index (κ2) is 7.67. The molecule has 0 fully saturated rings. The zero-order valence-electron chi connectivity index (χ0n) is 10.6. The fourth-order valence-corrected chi connectivity index (χ4v) is 1.98. The lowest BCUT2D eigenvalue weighted by Gasteiger charge is -2.20. The van der Waals surface area contributed by atoms with Crippen molar-refractivity contribution in [1.82, 2.24) is 5.32 Å². The van der Waals surface area contributed by atoms with Gasteiger partial charge in [0.1, 0.15) is 0 Å². The van der Waals surface area contributed by atoms with Gasteiger partial charge in [0.25, 0.3) is 0 Å². The SMILES string of the molecule is CCCOCC(NCC)c1c(Cl)ccc(F)c1F. The summed E-state index contributed by atoms with van der Waals surface area (Å²) in [5, 5.41) is 3.26. The Morgan fingerprint density at radius 2 is 2.06 bits per heavy atom. The quantitative estimate of drug-likeness (QED) is 0.606. The van der Waals surface area contributed by atoms with Crippen LogP contribution in [0.4, 0.5) is 8.78 Å². The third-order valence-electron chi connectivity index (χ3n) is 2.51. The molecule has 0 aromatic heterocycles. The number of hydrogen-bond acceptors (Lipinski definition) is 2. The highest BCUT2D eigenvalue weighted by Gasteiger charge is 2.21. The maximum absolute atomic E-state index is 13.8. The zero-order valence-corrected chi connectivity index (χ0v) is 11.4. The molecule has 1 atom stereocenters. The molecule has 18 heavy (non-hydrogen) atoms. The highest BCUT2D eigenvalue weighted by Crippen LogP contribution is 2.28. The smallest absolute Gasteiger partial charge is 0.165 e. The van der Waals surface area contributed by atoms with E-state index in [2.05, 4.69) is 5.32 Å². The van der Waals surface area contributed by atoms with Crippen LogP contribution < -0.4 is 5.32 Å². The van der Waals surface area contributed by atoms with Crippen LogP contribution in [0.2, 0.25) is 5.02 Å². The Morgan fingerprint density at radius 3 is 2.67 bits per heavy atom. The molecule has 0 saturated carbocycles. The molecule has 1 aromatic carbocycles.